The number of ether oxygens (including phenoxy) is 1. The monoisotopic (exact) mass is 436 g/mol. The van der Waals surface area contributed by atoms with Crippen molar-refractivity contribution in [1.82, 2.24) is 14.9 Å². The van der Waals surface area contributed by atoms with Crippen molar-refractivity contribution in [2.45, 2.75) is 33.4 Å². The summed E-state index contributed by atoms with van der Waals surface area (Å²) in [5.41, 5.74) is 1.88. The van der Waals surface area contributed by atoms with Gasteiger partial charge in [-0.05, 0) is 32.4 Å². The summed E-state index contributed by atoms with van der Waals surface area (Å²) in [6.07, 6.45) is -1.09. The van der Waals surface area contributed by atoms with Crippen molar-refractivity contribution in [3.05, 3.63) is 63.0 Å². The summed E-state index contributed by atoms with van der Waals surface area (Å²) in [5.74, 6) is -1.15. The minimum atomic E-state index is -1.09. The first-order valence-corrected chi connectivity index (χ1v) is 9.43. The van der Waals surface area contributed by atoms with E-state index in [1.54, 1.807) is 26.0 Å². The molecule has 1 amide bonds. The minimum Gasteiger partial charge on any atom is -0.449 e. The Balaban J connectivity index is 1.71. The number of hydrogen-bond acceptors (Lipinski definition) is 6. The highest BCUT2D eigenvalue weighted by molar-refractivity contribution is 6.33. The predicted molar refractivity (Wildman–Crippen MR) is 107 cm³/mol. The molecule has 1 N–H and O–H groups in total. The van der Waals surface area contributed by atoms with Crippen molar-refractivity contribution in [3.8, 4) is 0 Å². The second-order valence-electron chi connectivity index (χ2n) is 6.37. The van der Waals surface area contributed by atoms with Crippen molar-refractivity contribution >= 4 is 41.0 Å². The molecule has 1 atom stereocenters. The van der Waals surface area contributed by atoms with Crippen LogP contribution in [0.2, 0.25) is 10.2 Å². The zero-order valence-electron chi connectivity index (χ0n) is 15.9. The molecule has 0 bridgehead atoms. The van der Waals surface area contributed by atoms with E-state index in [1.807, 2.05) is 18.2 Å². The quantitative estimate of drug-likeness (QED) is 0.585. The molecule has 0 aliphatic heterocycles. The van der Waals surface area contributed by atoms with Gasteiger partial charge in [0.15, 0.2) is 6.10 Å². The fourth-order valence-electron chi connectivity index (χ4n) is 2.60. The lowest BCUT2D eigenvalue weighted by molar-refractivity contribution is -0.123. The summed E-state index contributed by atoms with van der Waals surface area (Å²) in [6, 6.07) is 8.80. The van der Waals surface area contributed by atoms with E-state index in [9.17, 15) is 9.59 Å². The third kappa shape index (κ3) is 4.78. The zero-order valence-corrected chi connectivity index (χ0v) is 17.4. The average Bonchev–Trinajstić information content (AvgIpc) is 3.19. The van der Waals surface area contributed by atoms with E-state index in [0.717, 1.165) is 5.56 Å². The fourth-order valence-corrected chi connectivity index (χ4v) is 3.10. The lowest BCUT2D eigenvalue weighted by atomic mass is 10.2. The number of aryl methyl sites for hydroxylation is 2. The van der Waals surface area contributed by atoms with Crippen molar-refractivity contribution in [1.29, 1.82) is 0 Å². The van der Waals surface area contributed by atoms with Crippen molar-refractivity contribution < 1.29 is 18.8 Å². The summed E-state index contributed by atoms with van der Waals surface area (Å²) < 4.78 is 11.6. The molecule has 2 heterocycles. The highest BCUT2D eigenvalue weighted by Gasteiger charge is 2.26. The number of nitrogens with one attached hydrogen (secondary N) is 1. The SMILES string of the molecule is Cc1cc(NC(=O)C(C)OC(=O)c2c(C)nn(Cc3ccccc3Cl)c2Cl)on1. The first-order valence-electron chi connectivity index (χ1n) is 8.67. The molecule has 0 spiro atoms. The van der Waals surface area contributed by atoms with Crippen LogP contribution in [0.1, 0.15) is 34.2 Å². The number of amides is 1. The molecule has 3 rings (SSSR count). The molecule has 10 heteroatoms. The van der Waals surface area contributed by atoms with Gasteiger partial charge in [-0.15, -0.1) is 0 Å². The molecule has 0 saturated heterocycles. The number of anilines is 1. The van der Waals surface area contributed by atoms with Gasteiger partial charge in [-0.2, -0.15) is 5.10 Å². The summed E-state index contributed by atoms with van der Waals surface area (Å²) in [6.45, 7) is 5.07. The van der Waals surface area contributed by atoms with Gasteiger partial charge in [0.05, 0.1) is 17.9 Å². The second kappa shape index (κ2) is 8.67. The van der Waals surface area contributed by atoms with Crippen molar-refractivity contribution in [3.63, 3.8) is 0 Å². The fraction of sp³-hybridized carbons (Fsp3) is 0.263. The van der Waals surface area contributed by atoms with E-state index in [4.69, 9.17) is 32.5 Å². The van der Waals surface area contributed by atoms with Gasteiger partial charge in [-0.1, -0.05) is 46.6 Å². The minimum absolute atomic E-state index is 0.0916. The zero-order chi connectivity index (χ0) is 21.1. The number of benzene rings is 1. The Kier molecular flexibility index (Phi) is 6.24. The summed E-state index contributed by atoms with van der Waals surface area (Å²) in [5, 5.41) is 11.1. The maximum Gasteiger partial charge on any atom is 0.343 e. The summed E-state index contributed by atoms with van der Waals surface area (Å²) >= 11 is 12.5. The molecule has 1 unspecified atom stereocenters. The van der Waals surface area contributed by atoms with Crippen LogP contribution in [-0.4, -0.2) is 32.9 Å². The van der Waals surface area contributed by atoms with Gasteiger partial charge < -0.3 is 9.26 Å². The molecule has 0 aliphatic carbocycles. The molecule has 1 aromatic carbocycles. The van der Waals surface area contributed by atoms with Crippen LogP contribution in [0, 0.1) is 13.8 Å². The number of rotatable bonds is 6. The van der Waals surface area contributed by atoms with Gasteiger partial charge in [-0.25, -0.2) is 9.48 Å². The van der Waals surface area contributed by atoms with Crippen LogP contribution in [-0.2, 0) is 16.1 Å². The predicted octanol–water partition coefficient (Wildman–Crippen LogP) is 4.03. The molecule has 0 fully saturated rings. The molecule has 0 aliphatic rings. The van der Waals surface area contributed by atoms with Crippen LogP contribution in [0.3, 0.4) is 0 Å². The largest absolute Gasteiger partial charge is 0.449 e. The van der Waals surface area contributed by atoms with Crippen LogP contribution in [0.4, 0.5) is 5.88 Å². The number of nitrogens with zero attached hydrogens (tertiary/aromatic N) is 3. The number of esters is 1. The Bertz CT molecular complexity index is 1060. The Morgan fingerprint density at radius 3 is 2.66 bits per heavy atom. The van der Waals surface area contributed by atoms with E-state index < -0.39 is 18.0 Å². The van der Waals surface area contributed by atoms with Gasteiger partial charge in [0.1, 0.15) is 10.7 Å². The highest BCUT2D eigenvalue weighted by Crippen LogP contribution is 2.24. The van der Waals surface area contributed by atoms with Crippen LogP contribution < -0.4 is 5.32 Å². The van der Waals surface area contributed by atoms with Gasteiger partial charge >= 0.3 is 5.97 Å². The van der Waals surface area contributed by atoms with Crippen LogP contribution in [0.15, 0.2) is 34.9 Å². The van der Waals surface area contributed by atoms with Crippen LogP contribution in [0.25, 0.3) is 0 Å². The van der Waals surface area contributed by atoms with E-state index in [-0.39, 0.29) is 23.1 Å². The Hall–Kier alpha value is -2.84. The maximum atomic E-state index is 12.6. The molecule has 0 saturated carbocycles. The molecule has 152 valence electrons. The summed E-state index contributed by atoms with van der Waals surface area (Å²) in [7, 11) is 0. The molecular weight excluding hydrogens is 419 g/mol. The highest BCUT2D eigenvalue weighted by atomic mass is 35.5. The van der Waals surface area contributed by atoms with Gasteiger partial charge in [0.2, 0.25) is 5.88 Å². The second-order valence-corrected chi connectivity index (χ2v) is 7.13. The molecule has 3 aromatic rings. The molecule has 29 heavy (non-hydrogen) atoms. The van der Waals surface area contributed by atoms with Crippen molar-refractivity contribution in [2.24, 2.45) is 0 Å². The van der Waals surface area contributed by atoms with Crippen LogP contribution >= 0.6 is 23.2 Å². The Labute approximate surface area is 176 Å². The molecule has 0 radical (unpaired) electrons. The van der Waals surface area contributed by atoms with E-state index in [0.29, 0.717) is 16.4 Å². The Morgan fingerprint density at radius 2 is 2.00 bits per heavy atom. The topological polar surface area (TPSA) is 99.2 Å². The van der Waals surface area contributed by atoms with Gasteiger partial charge in [-0.3, -0.25) is 10.1 Å². The lowest BCUT2D eigenvalue weighted by Crippen LogP contribution is -2.30. The normalized spacial score (nSPS) is 11.9. The number of carbonyl (C=O) groups is 2. The number of hydrogen-bond donors (Lipinski definition) is 1. The van der Waals surface area contributed by atoms with Gasteiger partial charge in [0.25, 0.3) is 5.91 Å². The van der Waals surface area contributed by atoms with Crippen LogP contribution in [0.5, 0.6) is 0 Å². The van der Waals surface area contributed by atoms with Gasteiger partial charge in [0, 0.05) is 11.1 Å². The first-order chi connectivity index (χ1) is 13.8. The smallest absolute Gasteiger partial charge is 0.343 e. The van der Waals surface area contributed by atoms with E-state index in [2.05, 4.69) is 15.6 Å². The summed E-state index contributed by atoms with van der Waals surface area (Å²) in [4.78, 5) is 24.8. The molecule has 8 nitrogen and oxygen atoms in total. The third-order valence-electron chi connectivity index (χ3n) is 4.07. The van der Waals surface area contributed by atoms with E-state index in [1.165, 1.54) is 11.6 Å². The maximum absolute atomic E-state index is 12.6. The number of aromatic nitrogens is 3. The average molecular weight is 437 g/mol. The third-order valence-corrected chi connectivity index (χ3v) is 4.83. The number of carbonyl (C=O) groups excluding carboxylic acids is 2. The standard InChI is InChI=1S/C19H18Cl2N4O4/c1-10-8-15(29-24-10)22-18(26)12(3)28-19(27)16-11(2)23-25(17(16)21)9-13-6-4-5-7-14(13)20/h4-8,12H,9H2,1-3H3,(H,22,26). The first kappa shape index (κ1) is 20.9. The number of halogens is 2. The lowest BCUT2D eigenvalue weighted by Gasteiger charge is -2.12. The Morgan fingerprint density at radius 1 is 1.28 bits per heavy atom. The molecular formula is C19H18Cl2N4O4. The molecule has 2 aromatic heterocycles. The van der Waals surface area contributed by atoms with E-state index >= 15 is 0 Å². The van der Waals surface area contributed by atoms with Crippen molar-refractivity contribution in [2.75, 3.05) is 5.32 Å².